The van der Waals surface area contributed by atoms with E-state index in [9.17, 15) is 4.79 Å². The molecule has 1 aromatic rings. The van der Waals surface area contributed by atoms with Gasteiger partial charge in [-0.05, 0) is 20.3 Å². The third kappa shape index (κ3) is 3.04. The van der Waals surface area contributed by atoms with Gasteiger partial charge in [-0.25, -0.2) is 4.98 Å². The maximum atomic E-state index is 11.1. The molecular weight excluding hydrogens is 238 g/mol. The van der Waals surface area contributed by atoms with Crippen molar-refractivity contribution in [3.63, 3.8) is 0 Å². The highest BCUT2D eigenvalue weighted by Gasteiger charge is 2.32. The molecule has 5 heteroatoms. The van der Waals surface area contributed by atoms with Crippen LogP contribution in [0.2, 0.25) is 0 Å². The van der Waals surface area contributed by atoms with Gasteiger partial charge in [0.05, 0.1) is 5.69 Å². The number of nitrogens with zero attached hydrogens (tertiary/aromatic N) is 1. The minimum atomic E-state index is -0.945. The molecular formula is C12H19NO3S. The molecule has 0 fully saturated rings. The van der Waals surface area contributed by atoms with Gasteiger partial charge in [-0.3, -0.25) is 4.79 Å². The number of rotatable bonds is 6. The standard InChI is InChI=1S/C12H19NO3S/c1-5-6-8(16-4)10-13-9(7-17-10)12(2,3)11(14)15/h7-8H,5-6H2,1-4H3,(H,14,15). The Hall–Kier alpha value is -0.940. The highest BCUT2D eigenvalue weighted by Crippen LogP contribution is 2.30. The van der Waals surface area contributed by atoms with E-state index in [1.54, 1.807) is 21.0 Å². The van der Waals surface area contributed by atoms with Crippen molar-refractivity contribution in [1.29, 1.82) is 0 Å². The third-order valence-electron chi connectivity index (χ3n) is 2.81. The largest absolute Gasteiger partial charge is 0.481 e. The Morgan fingerprint density at radius 2 is 2.29 bits per heavy atom. The van der Waals surface area contributed by atoms with Gasteiger partial charge in [-0.1, -0.05) is 13.3 Å². The molecule has 1 heterocycles. The zero-order valence-electron chi connectivity index (χ0n) is 10.7. The molecule has 0 radical (unpaired) electrons. The van der Waals surface area contributed by atoms with E-state index in [4.69, 9.17) is 9.84 Å². The molecule has 0 amide bonds. The van der Waals surface area contributed by atoms with Gasteiger partial charge in [0.25, 0.3) is 0 Å². The Morgan fingerprint density at radius 1 is 1.65 bits per heavy atom. The van der Waals surface area contributed by atoms with Crippen LogP contribution < -0.4 is 0 Å². The first-order valence-corrected chi connectivity index (χ1v) is 6.53. The van der Waals surface area contributed by atoms with E-state index in [0.717, 1.165) is 17.8 Å². The monoisotopic (exact) mass is 257 g/mol. The molecule has 0 saturated carbocycles. The van der Waals surface area contributed by atoms with Gasteiger partial charge >= 0.3 is 5.97 Å². The van der Waals surface area contributed by atoms with Crippen molar-refractivity contribution in [3.8, 4) is 0 Å². The maximum absolute atomic E-state index is 11.1. The van der Waals surface area contributed by atoms with Crippen LogP contribution in [-0.2, 0) is 14.9 Å². The minimum Gasteiger partial charge on any atom is -0.481 e. The zero-order valence-corrected chi connectivity index (χ0v) is 11.5. The van der Waals surface area contributed by atoms with Gasteiger partial charge in [0, 0.05) is 12.5 Å². The highest BCUT2D eigenvalue weighted by molar-refractivity contribution is 7.09. The number of ether oxygens (including phenoxy) is 1. The van der Waals surface area contributed by atoms with Gasteiger partial charge < -0.3 is 9.84 Å². The van der Waals surface area contributed by atoms with Gasteiger partial charge in [0.2, 0.25) is 0 Å². The smallest absolute Gasteiger partial charge is 0.315 e. The first kappa shape index (κ1) is 14.1. The van der Waals surface area contributed by atoms with Crippen molar-refractivity contribution in [1.82, 2.24) is 4.98 Å². The SMILES string of the molecule is CCCC(OC)c1nc(C(C)(C)C(=O)O)cs1. The minimum absolute atomic E-state index is 0.0247. The van der Waals surface area contributed by atoms with E-state index >= 15 is 0 Å². The highest BCUT2D eigenvalue weighted by atomic mass is 32.1. The van der Waals surface area contributed by atoms with E-state index in [2.05, 4.69) is 11.9 Å². The van der Waals surface area contributed by atoms with Gasteiger partial charge in [-0.2, -0.15) is 0 Å². The van der Waals surface area contributed by atoms with Crippen molar-refractivity contribution in [2.45, 2.75) is 45.1 Å². The fourth-order valence-corrected chi connectivity index (χ4v) is 2.53. The molecule has 0 aliphatic rings. The van der Waals surface area contributed by atoms with Gasteiger partial charge in [-0.15, -0.1) is 11.3 Å². The summed E-state index contributed by atoms with van der Waals surface area (Å²) in [5.41, 5.74) is -0.345. The predicted molar refractivity (Wildman–Crippen MR) is 67.4 cm³/mol. The van der Waals surface area contributed by atoms with Crippen molar-refractivity contribution >= 4 is 17.3 Å². The number of carboxylic acids is 1. The van der Waals surface area contributed by atoms with E-state index in [-0.39, 0.29) is 6.10 Å². The molecule has 0 aromatic carbocycles. The summed E-state index contributed by atoms with van der Waals surface area (Å²) in [5.74, 6) is -0.862. The Balaban J connectivity index is 2.94. The van der Waals surface area contributed by atoms with Crippen LogP contribution >= 0.6 is 11.3 Å². The van der Waals surface area contributed by atoms with Crippen molar-refractivity contribution in [3.05, 3.63) is 16.1 Å². The van der Waals surface area contributed by atoms with Crippen LogP contribution in [0.15, 0.2) is 5.38 Å². The van der Waals surface area contributed by atoms with Crippen LogP contribution in [0.3, 0.4) is 0 Å². The molecule has 4 nitrogen and oxygen atoms in total. The first-order chi connectivity index (χ1) is 7.93. The fraction of sp³-hybridized carbons (Fsp3) is 0.667. The lowest BCUT2D eigenvalue weighted by Gasteiger charge is -2.16. The Kier molecular flexibility index (Phi) is 4.65. The zero-order chi connectivity index (χ0) is 13.1. The van der Waals surface area contributed by atoms with Crippen LogP contribution in [0.1, 0.15) is 50.4 Å². The molecule has 0 saturated heterocycles. The summed E-state index contributed by atoms with van der Waals surface area (Å²) >= 11 is 1.47. The normalized spacial score (nSPS) is 13.6. The number of aromatic nitrogens is 1. The van der Waals surface area contributed by atoms with Crippen LogP contribution in [0.5, 0.6) is 0 Å². The Bertz CT molecular complexity index is 387. The number of hydrogen-bond donors (Lipinski definition) is 1. The lowest BCUT2D eigenvalue weighted by atomic mass is 9.90. The molecule has 1 aromatic heterocycles. The summed E-state index contributed by atoms with van der Waals surface area (Å²) in [7, 11) is 1.66. The summed E-state index contributed by atoms with van der Waals surface area (Å²) in [5, 5.41) is 11.8. The van der Waals surface area contributed by atoms with Crippen molar-refractivity contribution < 1.29 is 14.6 Å². The van der Waals surface area contributed by atoms with E-state index in [1.807, 2.05) is 5.38 Å². The van der Waals surface area contributed by atoms with Gasteiger partial charge in [0.15, 0.2) is 0 Å². The number of carboxylic acid groups (broad SMARTS) is 1. The molecule has 1 unspecified atom stereocenters. The summed E-state index contributed by atoms with van der Waals surface area (Å²) in [6, 6.07) is 0. The molecule has 0 aliphatic heterocycles. The molecule has 96 valence electrons. The second-order valence-corrected chi connectivity index (χ2v) is 5.40. The lowest BCUT2D eigenvalue weighted by molar-refractivity contribution is -0.142. The van der Waals surface area contributed by atoms with Gasteiger partial charge in [0.1, 0.15) is 16.5 Å². The molecule has 1 rings (SSSR count). The number of thiazole rings is 1. The van der Waals surface area contributed by atoms with Crippen LogP contribution in [-0.4, -0.2) is 23.2 Å². The molecule has 0 spiro atoms. The van der Waals surface area contributed by atoms with Crippen molar-refractivity contribution in [2.75, 3.05) is 7.11 Å². The summed E-state index contributed by atoms with van der Waals surface area (Å²) in [6.45, 7) is 5.41. The maximum Gasteiger partial charge on any atom is 0.315 e. The van der Waals surface area contributed by atoms with E-state index in [0.29, 0.717) is 5.69 Å². The van der Waals surface area contributed by atoms with E-state index in [1.165, 1.54) is 11.3 Å². The molecule has 1 N–H and O–H groups in total. The second-order valence-electron chi connectivity index (χ2n) is 4.51. The predicted octanol–water partition coefficient (Wildman–Crippen LogP) is 2.99. The molecule has 0 aliphatic carbocycles. The average molecular weight is 257 g/mol. The summed E-state index contributed by atoms with van der Waals surface area (Å²) in [4.78, 5) is 15.5. The molecule has 1 atom stereocenters. The number of hydrogen-bond acceptors (Lipinski definition) is 4. The number of carbonyl (C=O) groups is 1. The topological polar surface area (TPSA) is 59.4 Å². The lowest BCUT2D eigenvalue weighted by Crippen LogP contribution is -2.29. The van der Waals surface area contributed by atoms with Crippen LogP contribution in [0, 0.1) is 0 Å². The average Bonchev–Trinajstić information content (AvgIpc) is 2.75. The third-order valence-corrected chi connectivity index (χ3v) is 3.74. The molecule has 0 bridgehead atoms. The summed E-state index contributed by atoms with van der Waals surface area (Å²) in [6.07, 6.45) is 1.88. The Labute approximate surface area is 106 Å². The fourth-order valence-electron chi connectivity index (χ4n) is 1.44. The van der Waals surface area contributed by atoms with Crippen molar-refractivity contribution in [2.24, 2.45) is 0 Å². The number of aliphatic carboxylic acids is 1. The number of methoxy groups -OCH3 is 1. The molecule has 17 heavy (non-hydrogen) atoms. The first-order valence-electron chi connectivity index (χ1n) is 5.65. The van der Waals surface area contributed by atoms with E-state index < -0.39 is 11.4 Å². The van der Waals surface area contributed by atoms with Crippen LogP contribution in [0.4, 0.5) is 0 Å². The quantitative estimate of drug-likeness (QED) is 0.851. The second kappa shape index (κ2) is 5.60. The van der Waals surface area contributed by atoms with Crippen LogP contribution in [0.25, 0.3) is 0 Å². The summed E-state index contributed by atoms with van der Waals surface area (Å²) < 4.78 is 5.36. The Morgan fingerprint density at radius 3 is 2.76 bits per heavy atom.